The Morgan fingerprint density at radius 2 is 2.22 bits per heavy atom. The van der Waals surface area contributed by atoms with E-state index in [1.165, 1.54) is 0 Å². The number of pyridine rings is 1. The van der Waals surface area contributed by atoms with Gasteiger partial charge in [0.05, 0.1) is 17.9 Å². The second-order valence-electron chi connectivity index (χ2n) is 3.93. The van der Waals surface area contributed by atoms with Gasteiger partial charge in [0.1, 0.15) is 11.8 Å². The molecule has 0 aliphatic rings. The van der Waals surface area contributed by atoms with Crippen molar-refractivity contribution in [3.8, 4) is 6.07 Å². The zero-order valence-electron chi connectivity index (χ0n) is 10.1. The normalized spacial score (nSPS) is 10.1. The minimum absolute atomic E-state index is 0.377. The molecule has 90 valence electrons. The number of nitroso groups, excluding NO2 is 1. The Balaban J connectivity index is 2.28. The summed E-state index contributed by atoms with van der Waals surface area (Å²) >= 11 is 0. The topological polar surface area (TPSA) is 83.9 Å². The number of hydrogen-bond donors (Lipinski definition) is 0. The quantitative estimate of drug-likeness (QED) is 0.771. The molecule has 0 aliphatic heterocycles. The van der Waals surface area contributed by atoms with Gasteiger partial charge in [-0.05, 0) is 30.7 Å². The molecule has 0 aromatic carbocycles. The maximum atomic E-state index is 10.6. The molecular formula is C12H11N5O. The molecule has 2 rings (SSSR count). The Hall–Kier alpha value is -2.55. The molecule has 0 atom stereocenters. The first kappa shape index (κ1) is 11.9. The molecule has 0 unspecified atom stereocenters. The van der Waals surface area contributed by atoms with E-state index in [0.29, 0.717) is 23.6 Å². The van der Waals surface area contributed by atoms with E-state index < -0.39 is 0 Å². The summed E-state index contributed by atoms with van der Waals surface area (Å²) in [4.78, 5) is 14.6. The summed E-state index contributed by atoms with van der Waals surface area (Å²) in [6.07, 6.45) is 1.63. The van der Waals surface area contributed by atoms with E-state index in [9.17, 15) is 4.91 Å². The summed E-state index contributed by atoms with van der Waals surface area (Å²) < 4.78 is 1.70. The van der Waals surface area contributed by atoms with Crippen LogP contribution in [0.25, 0.3) is 0 Å². The van der Waals surface area contributed by atoms with Gasteiger partial charge in [0.15, 0.2) is 5.69 Å². The highest BCUT2D eigenvalue weighted by Gasteiger charge is 2.12. The summed E-state index contributed by atoms with van der Waals surface area (Å²) in [5.41, 5.74) is 3.02. The Labute approximate surface area is 104 Å². The van der Waals surface area contributed by atoms with Gasteiger partial charge in [-0.1, -0.05) is 6.07 Å². The second kappa shape index (κ2) is 4.75. The first-order valence-electron chi connectivity index (χ1n) is 5.38. The lowest BCUT2D eigenvalue weighted by Gasteiger charge is -2.03. The van der Waals surface area contributed by atoms with Gasteiger partial charge >= 0.3 is 0 Å². The standard InChI is InChI=1S/C12H11N5O/c1-8-12(16-18)9(2)17(15-8)7-10-3-4-11(5-13)14-6-10/h3-4,6H,7H2,1-2H3. The van der Waals surface area contributed by atoms with Crippen molar-refractivity contribution in [2.24, 2.45) is 5.18 Å². The highest BCUT2D eigenvalue weighted by atomic mass is 16.3. The number of nitrogens with zero attached hydrogens (tertiary/aromatic N) is 5. The lowest BCUT2D eigenvalue weighted by atomic mass is 10.2. The molecule has 2 aromatic heterocycles. The van der Waals surface area contributed by atoms with Crippen LogP contribution in [0.3, 0.4) is 0 Å². The Morgan fingerprint density at radius 1 is 1.44 bits per heavy atom. The van der Waals surface area contributed by atoms with Crippen LogP contribution in [-0.2, 0) is 6.54 Å². The molecule has 6 nitrogen and oxygen atoms in total. The van der Waals surface area contributed by atoms with Gasteiger partial charge in [-0.25, -0.2) is 4.98 Å². The largest absolute Gasteiger partial charge is 0.263 e. The van der Waals surface area contributed by atoms with Crippen molar-refractivity contribution in [2.45, 2.75) is 20.4 Å². The van der Waals surface area contributed by atoms with Gasteiger partial charge in [0.2, 0.25) is 0 Å². The predicted molar refractivity (Wildman–Crippen MR) is 65.2 cm³/mol. The molecule has 0 saturated heterocycles. The third-order valence-electron chi connectivity index (χ3n) is 2.71. The van der Waals surface area contributed by atoms with Gasteiger partial charge in [-0.2, -0.15) is 10.4 Å². The van der Waals surface area contributed by atoms with Gasteiger partial charge in [0, 0.05) is 6.20 Å². The number of rotatable bonds is 3. The minimum atomic E-state index is 0.377. The third kappa shape index (κ3) is 2.11. The van der Waals surface area contributed by atoms with Crippen LogP contribution in [-0.4, -0.2) is 14.8 Å². The van der Waals surface area contributed by atoms with E-state index >= 15 is 0 Å². The predicted octanol–water partition coefficient (Wildman–Crippen LogP) is 2.21. The summed E-state index contributed by atoms with van der Waals surface area (Å²) in [5.74, 6) is 0. The summed E-state index contributed by atoms with van der Waals surface area (Å²) in [6.45, 7) is 4.05. The van der Waals surface area contributed by atoms with Gasteiger partial charge < -0.3 is 0 Å². The average molecular weight is 241 g/mol. The van der Waals surface area contributed by atoms with E-state index in [1.54, 1.807) is 30.8 Å². The molecule has 0 N–H and O–H groups in total. The van der Waals surface area contributed by atoms with Crippen molar-refractivity contribution in [3.05, 3.63) is 45.9 Å². The molecule has 18 heavy (non-hydrogen) atoms. The van der Waals surface area contributed by atoms with Crippen molar-refractivity contribution >= 4 is 5.69 Å². The van der Waals surface area contributed by atoms with Crippen LogP contribution in [0.1, 0.15) is 22.6 Å². The summed E-state index contributed by atoms with van der Waals surface area (Å²) in [5, 5.41) is 15.9. The Bertz CT molecular complexity index is 621. The van der Waals surface area contributed by atoms with Crippen molar-refractivity contribution in [1.82, 2.24) is 14.8 Å². The summed E-state index contributed by atoms with van der Waals surface area (Å²) in [6, 6.07) is 5.43. The summed E-state index contributed by atoms with van der Waals surface area (Å²) in [7, 11) is 0. The molecule has 0 radical (unpaired) electrons. The highest BCUT2D eigenvalue weighted by Crippen LogP contribution is 2.22. The zero-order valence-corrected chi connectivity index (χ0v) is 10.1. The molecule has 0 bridgehead atoms. The van der Waals surface area contributed by atoms with Crippen LogP contribution < -0.4 is 0 Å². The van der Waals surface area contributed by atoms with E-state index in [1.807, 2.05) is 12.1 Å². The van der Waals surface area contributed by atoms with Gasteiger partial charge in [-0.3, -0.25) is 4.68 Å². The molecule has 0 amide bonds. The molecule has 6 heteroatoms. The SMILES string of the molecule is Cc1nn(Cc2ccc(C#N)nc2)c(C)c1N=O. The second-order valence-corrected chi connectivity index (χ2v) is 3.93. The molecule has 2 aromatic rings. The van der Waals surface area contributed by atoms with Gasteiger partial charge in [-0.15, -0.1) is 4.91 Å². The maximum Gasteiger partial charge on any atom is 0.151 e. The molecular weight excluding hydrogens is 230 g/mol. The fraction of sp³-hybridized carbons (Fsp3) is 0.250. The lowest BCUT2D eigenvalue weighted by molar-refractivity contribution is 0.657. The number of hydrogen-bond acceptors (Lipinski definition) is 5. The minimum Gasteiger partial charge on any atom is -0.263 e. The Morgan fingerprint density at radius 3 is 2.72 bits per heavy atom. The molecule has 0 aliphatic carbocycles. The van der Waals surface area contributed by atoms with Crippen molar-refractivity contribution < 1.29 is 0 Å². The fourth-order valence-electron chi connectivity index (χ4n) is 1.73. The number of nitriles is 1. The van der Waals surface area contributed by atoms with Crippen LogP contribution in [0.2, 0.25) is 0 Å². The van der Waals surface area contributed by atoms with Gasteiger partial charge in [0.25, 0.3) is 0 Å². The van der Waals surface area contributed by atoms with E-state index in [-0.39, 0.29) is 0 Å². The average Bonchev–Trinajstić information content (AvgIpc) is 2.65. The van der Waals surface area contributed by atoms with E-state index in [2.05, 4.69) is 15.3 Å². The smallest absolute Gasteiger partial charge is 0.151 e. The van der Waals surface area contributed by atoms with E-state index in [0.717, 1.165) is 11.3 Å². The fourth-order valence-corrected chi connectivity index (χ4v) is 1.73. The first-order chi connectivity index (χ1) is 8.65. The molecule has 0 fully saturated rings. The first-order valence-corrected chi connectivity index (χ1v) is 5.38. The van der Waals surface area contributed by atoms with Crippen LogP contribution in [0, 0.1) is 30.1 Å². The zero-order chi connectivity index (χ0) is 13.1. The monoisotopic (exact) mass is 241 g/mol. The lowest BCUT2D eigenvalue weighted by Crippen LogP contribution is -2.04. The van der Waals surface area contributed by atoms with Crippen molar-refractivity contribution in [2.75, 3.05) is 0 Å². The van der Waals surface area contributed by atoms with Crippen LogP contribution in [0.5, 0.6) is 0 Å². The number of aryl methyl sites for hydroxylation is 1. The van der Waals surface area contributed by atoms with Crippen LogP contribution >= 0.6 is 0 Å². The van der Waals surface area contributed by atoms with Crippen LogP contribution in [0.15, 0.2) is 23.5 Å². The van der Waals surface area contributed by atoms with E-state index in [4.69, 9.17) is 5.26 Å². The molecule has 0 spiro atoms. The Kier molecular flexibility index (Phi) is 3.15. The maximum absolute atomic E-state index is 10.6. The number of aromatic nitrogens is 3. The van der Waals surface area contributed by atoms with Crippen molar-refractivity contribution in [3.63, 3.8) is 0 Å². The van der Waals surface area contributed by atoms with Crippen molar-refractivity contribution in [1.29, 1.82) is 5.26 Å². The van der Waals surface area contributed by atoms with Crippen LogP contribution in [0.4, 0.5) is 5.69 Å². The molecule has 0 saturated carbocycles. The third-order valence-corrected chi connectivity index (χ3v) is 2.71. The molecule has 2 heterocycles. The highest BCUT2D eigenvalue weighted by molar-refractivity contribution is 5.46.